The van der Waals surface area contributed by atoms with Crippen LogP contribution in [0.15, 0.2) is 0 Å². The van der Waals surface area contributed by atoms with Crippen LogP contribution in [-0.2, 0) is 0 Å². The Hall–Kier alpha value is -1.59. The maximum absolute atomic E-state index is 5.75. The van der Waals surface area contributed by atoms with Crippen molar-refractivity contribution < 1.29 is 4.74 Å². The highest BCUT2D eigenvalue weighted by atomic mass is 16.5. The van der Waals surface area contributed by atoms with E-state index in [1.54, 1.807) is 0 Å². The Balaban J connectivity index is 2.07. The third-order valence-electron chi connectivity index (χ3n) is 4.16. The summed E-state index contributed by atoms with van der Waals surface area (Å²) in [5.74, 6) is 0.867. The number of ether oxygens (including phenoxy) is 1. The summed E-state index contributed by atoms with van der Waals surface area (Å²) < 4.78 is 5.46. The zero-order valence-electron chi connectivity index (χ0n) is 12.7. The van der Waals surface area contributed by atoms with E-state index in [0.717, 1.165) is 32.4 Å². The van der Waals surface area contributed by atoms with Gasteiger partial charge in [0.05, 0.1) is 6.61 Å². The van der Waals surface area contributed by atoms with Crippen molar-refractivity contribution in [2.24, 2.45) is 5.41 Å². The van der Waals surface area contributed by atoms with Crippen molar-refractivity contribution in [1.29, 1.82) is 0 Å². The van der Waals surface area contributed by atoms with E-state index in [9.17, 15) is 0 Å². The molecule has 1 aliphatic heterocycles. The molecule has 2 N–H and O–H groups in total. The Labute approximate surface area is 120 Å². The van der Waals surface area contributed by atoms with Crippen molar-refractivity contribution in [2.75, 3.05) is 30.3 Å². The zero-order valence-corrected chi connectivity index (χ0v) is 12.7. The van der Waals surface area contributed by atoms with Gasteiger partial charge in [-0.2, -0.15) is 15.0 Å². The highest BCUT2D eigenvalue weighted by molar-refractivity contribution is 5.36. The van der Waals surface area contributed by atoms with Crippen LogP contribution in [0, 0.1) is 5.41 Å². The number of nitrogens with two attached hydrogens (primary N) is 1. The van der Waals surface area contributed by atoms with Crippen molar-refractivity contribution in [1.82, 2.24) is 15.0 Å². The van der Waals surface area contributed by atoms with E-state index in [-0.39, 0.29) is 5.95 Å². The number of rotatable bonds is 5. The van der Waals surface area contributed by atoms with Crippen LogP contribution in [0.4, 0.5) is 11.9 Å². The van der Waals surface area contributed by atoms with Crippen LogP contribution in [-0.4, -0.2) is 34.6 Å². The fraction of sp³-hybridized carbons (Fsp3) is 0.786. The monoisotopic (exact) mass is 279 g/mol. The standard InChI is InChI=1S/C14H25N5O/c1-4-10-20-13-17-11(15)16-12(18-13)19-8-6-14(3,5-2)7-9-19/h4-10H2,1-3H3,(H2,15,16,17,18). The Kier molecular flexibility index (Phi) is 4.62. The molecule has 112 valence electrons. The average Bonchev–Trinajstić information content (AvgIpc) is 2.45. The summed E-state index contributed by atoms with van der Waals surface area (Å²) in [4.78, 5) is 14.8. The van der Waals surface area contributed by atoms with E-state index >= 15 is 0 Å². The van der Waals surface area contributed by atoms with Gasteiger partial charge in [-0.1, -0.05) is 27.2 Å². The fourth-order valence-electron chi connectivity index (χ4n) is 2.36. The predicted octanol–water partition coefficient (Wildman–Crippen LogP) is 2.26. The molecule has 0 spiro atoms. The summed E-state index contributed by atoms with van der Waals surface area (Å²) in [5, 5.41) is 0. The molecule has 1 fully saturated rings. The van der Waals surface area contributed by atoms with Gasteiger partial charge in [0.2, 0.25) is 11.9 Å². The summed E-state index contributed by atoms with van der Waals surface area (Å²) in [6.45, 7) is 9.16. The van der Waals surface area contributed by atoms with Crippen molar-refractivity contribution in [3.63, 3.8) is 0 Å². The van der Waals surface area contributed by atoms with Crippen LogP contribution in [0.3, 0.4) is 0 Å². The molecule has 20 heavy (non-hydrogen) atoms. The van der Waals surface area contributed by atoms with Crippen LogP contribution in [0.1, 0.15) is 46.5 Å². The molecule has 0 atom stereocenters. The minimum Gasteiger partial charge on any atom is -0.463 e. The smallest absolute Gasteiger partial charge is 0.323 e. The van der Waals surface area contributed by atoms with Gasteiger partial charge < -0.3 is 15.4 Å². The third kappa shape index (κ3) is 3.49. The van der Waals surface area contributed by atoms with Crippen LogP contribution in [0.2, 0.25) is 0 Å². The highest BCUT2D eigenvalue weighted by Crippen LogP contribution is 2.35. The van der Waals surface area contributed by atoms with E-state index in [2.05, 4.69) is 33.7 Å². The minimum absolute atomic E-state index is 0.227. The molecule has 1 aromatic rings. The van der Waals surface area contributed by atoms with E-state index < -0.39 is 0 Å². The second-order valence-corrected chi connectivity index (χ2v) is 5.78. The molecule has 0 radical (unpaired) electrons. The maximum atomic E-state index is 5.75. The van der Waals surface area contributed by atoms with Crippen LogP contribution in [0.25, 0.3) is 0 Å². The van der Waals surface area contributed by atoms with Gasteiger partial charge in [-0.25, -0.2) is 0 Å². The van der Waals surface area contributed by atoms with Gasteiger partial charge >= 0.3 is 6.01 Å². The molecule has 0 unspecified atom stereocenters. The van der Waals surface area contributed by atoms with E-state index in [1.165, 1.54) is 6.42 Å². The first kappa shape index (κ1) is 14.8. The Morgan fingerprint density at radius 3 is 2.50 bits per heavy atom. The van der Waals surface area contributed by atoms with E-state index in [1.807, 2.05) is 6.92 Å². The third-order valence-corrected chi connectivity index (χ3v) is 4.16. The van der Waals surface area contributed by atoms with Crippen LogP contribution < -0.4 is 15.4 Å². The molecule has 2 heterocycles. The van der Waals surface area contributed by atoms with Gasteiger partial charge in [0.15, 0.2) is 0 Å². The quantitative estimate of drug-likeness (QED) is 0.891. The predicted molar refractivity (Wildman–Crippen MR) is 79.9 cm³/mol. The lowest BCUT2D eigenvalue weighted by Gasteiger charge is -2.38. The van der Waals surface area contributed by atoms with Gasteiger partial charge in [-0.15, -0.1) is 0 Å². The number of aromatic nitrogens is 3. The average molecular weight is 279 g/mol. The van der Waals surface area contributed by atoms with E-state index in [4.69, 9.17) is 10.5 Å². The highest BCUT2D eigenvalue weighted by Gasteiger charge is 2.29. The van der Waals surface area contributed by atoms with Crippen molar-refractivity contribution in [3.8, 4) is 6.01 Å². The van der Waals surface area contributed by atoms with Crippen molar-refractivity contribution in [3.05, 3.63) is 0 Å². The molecule has 0 aliphatic carbocycles. The zero-order chi connectivity index (χ0) is 14.6. The lowest BCUT2D eigenvalue weighted by atomic mass is 9.78. The van der Waals surface area contributed by atoms with Crippen LogP contribution in [0.5, 0.6) is 6.01 Å². The summed E-state index contributed by atoms with van der Waals surface area (Å²) in [6, 6.07) is 0.332. The van der Waals surface area contributed by atoms with E-state index in [0.29, 0.717) is 24.0 Å². The maximum Gasteiger partial charge on any atom is 0.323 e. The minimum atomic E-state index is 0.227. The van der Waals surface area contributed by atoms with Crippen molar-refractivity contribution >= 4 is 11.9 Å². The SMILES string of the molecule is CCCOc1nc(N)nc(N2CCC(C)(CC)CC2)n1. The molecular formula is C14H25N5O. The van der Waals surface area contributed by atoms with Gasteiger partial charge in [-0.3, -0.25) is 0 Å². The summed E-state index contributed by atoms with van der Waals surface area (Å²) in [5.41, 5.74) is 6.19. The normalized spacial score (nSPS) is 18.1. The first-order chi connectivity index (χ1) is 9.56. The lowest BCUT2D eigenvalue weighted by Crippen LogP contribution is -2.39. The second kappa shape index (κ2) is 6.24. The van der Waals surface area contributed by atoms with Gasteiger partial charge in [-0.05, 0) is 24.7 Å². The number of nitrogen functional groups attached to an aromatic ring is 1. The molecule has 0 bridgehead atoms. The number of hydrogen-bond acceptors (Lipinski definition) is 6. The Morgan fingerprint density at radius 2 is 1.90 bits per heavy atom. The summed E-state index contributed by atoms with van der Waals surface area (Å²) >= 11 is 0. The van der Waals surface area contributed by atoms with Crippen molar-refractivity contribution in [2.45, 2.75) is 46.5 Å². The second-order valence-electron chi connectivity index (χ2n) is 5.78. The van der Waals surface area contributed by atoms with Gasteiger partial charge in [0.1, 0.15) is 0 Å². The molecule has 1 saturated heterocycles. The molecule has 0 saturated carbocycles. The molecule has 1 aliphatic rings. The largest absolute Gasteiger partial charge is 0.463 e. The Bertz CT molecular complexity index is 443. The van der Waals surface area contributed by atoms with Gasteiger partial charge in [0, 0.05) is 13.1 Å². The van der Waals surface area contributed by atoms with Crippen LogP contribution >= 0.6 is 0 Å². The number of anilines is 2. The van der Waals surface area contributed by atoms with Gasteiger partial charge in [0.25, 0.3) is 0 Å². The first-order valence-corrected chi connectivity index (χ1v) is 7.45. The molecule has 1 aromatic heterocycles. The number of nitrogens with zero attached hydrogens (tertiary/aromatic N) is 4. The summed E-state index contributed by atoms with van der Waals surface area (Å²) in [6.07, 6.45) is 4.44. The molecule has 2 rings (SSSR count). The first-order valence-electron chi connectivity index (χ1n) is 7.45. The number of hydrogen-bond donors (Lipinski definition) is 1. The summed E-state index contributed by atoms with van der Waals surface area (Å²) in [7, 11) is 0. The fourth-order valence-corrected chi connectivity index (χ4v) is 2.36. The molecule has 6 nitrogen and oxygen atoms in total. The molecule has 0 aromatic carbocycles. The topological polar surface area (TPSA) is 77.2 Å². The number of piperidine rings is 1. The molecular weight excluding hydrogens is 254 g/mol. The lowest BCUT2D eigenvalue weighted by molar-refractivity contribution is 0.236. The molecule has 6 heteroatoms. The molecule has 0 amide bonds. The Morgan fingerprint density at radius 1 is 1.20 bits per heavy atom.